The summed E-state index contributed by atoms with van der Waals surface area (Å²) >= 11 is 7.59. The fraction of sp³-hybridized carbons (Fsp3) is 0.419. The number of aryl methyl sites for hydroxylation is 1. The number of nitro groups is 1. The molecule has 0 bridgehead atoms. The number of hydrogen-bond donors (Lipinski definition) is 0. The van der Waals surface area contributed by atoms with E-state index in [0.29, 0.717) is 44.1 Å². The van der Waals surface area contributed by atoms with Crippen LogP contribution in [0.1, 0.15) is 39.2 Å². The zero-order chi connectivity index (χ0) is 30.9. The van der Waals surface area contributed by atoms with Gasteiger partial charge in [0.15, 0.2) is 11.5 Å². The van der Waals surface area contributed by atoms with Crippen LogP contribution < -0.4 is 9.47 Å². The molecule has 1 fully saturated rings. The van der Waals surface area contributed by atoms with Gasteiger partial charge in [0.25, 0.3) is 11.6 Å². The van der Waals surface area contributed by atoms with Crippen molar-refractivity contribution >= 4 is 40.4 Å². The molecule has 0 aliphatic carbocycles. The molecule has 2 aromatic carbocycles. The number of nitrogens with zero attached hydrogens (tertiary/aromatic N) is 4. The molecule has 1 aliphatic heterocycles. The van der Waals surface area contributed by atoms with Crippen molar-refractivity contribution in [2.75, 3.05) is 53.5 Å². The molecule has 4 rings (SSSR count). The first kappa shape index (κ1) is 32.2. The predicted octanol–water partition coefficient (Wildman–Crippen LogP) is 5.44. The third-order valence-electron chi connectivity index (χ3n) is 7.66. The summed E-state index contributed by atoms with van der Waals surface area (Å²) in [6.45, 7) is 5.52. The van der Waals surface area contributed by atoms with Gasteiger partial charge in [-0.15, -0.1) is 11.3 Å². The van der Waals surface area contributed by atoms with Crippen LogP contribution in [-0.4, -0.2) is 84.9 Å². The summed E-state index contributed by atoms with van der Waals surface area (Å²) in [5.41, 5.74) is 1.86. The van der Waals surface area contributed by atoms with Crippen LogP contribution in [0.15, 0.2) is 47.8 Å². The maximum absolute atomic E-state index is 13.9. The average Bonchev–Trinajstić information content (AvgIpc) is 3.68. The van der Waals surface area contributed by atoms with E-state index in [0.717, 1.165) is 41.9 Å². The lowest BCUT2D eigenvalue weighted by atomic mass is 10.1. The largest absolute Gasteiger partial charge is 0.493 e. The Balaban J connectivity index is 1.57. The number of rotatable bonds is 14. The van der Waals surface area contributed by atoms with Crippen LogP contribution in [0.25, 0.3) is 0 Å². The highest BCUT2D eigenvalue weighted by Gasteiger charge is 2.26. The predicted molar refractivity (Wildman–Crippen MR) is 167 cm³/mol. The monoisotopic (exact) mass is 628 g/mol. The van der Waals surface area contributed by atoms with Gasteiger partial charge >= 0.3 is 0 Å². The van der Waals surface area contributed by atoms with Gasteiger partial charge in [0, 0.05) is 36.1 Å². The van der Waals surface area contributed by atoms with Crippen molar-refractivity contribution in [1.82, 2.24) is 14.7 Å². The van der Waals surface area contributed by atoms with Crippen LogP contribution in [0.3, 0.4) is 0 Å². The number of amides is 2. The van der Waals surface area contributed by atoms with Gasteiger partial charge in [-0.1, -0.05) is 17.7 Å². The Kier molecular flexibility index (Phi) is 11.4. The van der Waals surface area contributed by atoms with E-state index in [1.165, 1.54) is 23.1 Å². The third kappa shape index (κ3) is 8.46. The molecule has 0 saturated carbocycles. The highest BCUT2D eigenvalue weighted by atomic mass is 35.5. The van der Waals surface area contributed by atoms with E-state index < -0.39 is 10.8 Å². The fourth-order valence-corrected chi connectivity index (χ4v) is 6.19. The molecule has 1 saturated heterocycles. The molecule has 0 spiro atoms. The summed E-state index contributed by atoms with van der Waals surface area (Å²) < 4.78 is 10.8. The quantitative estimate of drug-likeness (QED) is 0.173. The number of carbonyl (C=O) groups excluding carboxylic acids is 2. The van der Waals surface area contributed by atoms with Gasteiger partial charge in [-0.3, -0.25) is 19.7 Å². The maximum Gasteiger partial charge on any atom is 0.288 e. The molecule has 3 aromatic rings. The molecule has 10 nitrogen and oxygen atoms in total. The third-order valence-corrected chi connectivity index (χ3v) is 8.99. The van der Waals surface area contributed by atoms with E-state index in [1.54, 1.807) is 30.5 Å². The van der Waals surface area contributed by atoms with Gasteiger partial charge in [0.05, 0.1) is 25.7 Å². The highest BCUT2D eigenvalue weighted by Crippen LogP contribution is 2.28. The van der Waals surface area contributed by atoms with E-state index in [1.807, 2.05) is 36.6 Å². The summed E-state index contributed by atoms with van der Waals surface area (Å²) in [4.78, 5) is 45.2. The Labute approximate surface area is 260 Å². The lowest BCUT2D eigenvalue weighted by Gasteiger charge is -2.29. The molecular formula is C31H37ClN4O6S. The maximum atomic E-state index is 13.9. The first-order chi connectivity index (χ1) is 20.7. The lowest BCUT2D eigenvalue weighted by molar-refractivity contribution is -0.384. The first-order valence-corrected chi connectivity index (χ1v) is 15.4. The Morgan fingerprint density at radius 1 is 1.02 bits per heavy atom. The zero-order valence-corrected chi connectivity index (χ0v) is 26.3. The van der Waals surface area contributed by atoms with Crippen molar-refractivity contribution in [3.8, 4) is 11.5 Å². The smallest absolute Gasteiger partial charge is 0.288 e. The van der Waals surface area contributed by atoms with Gasteiger partial charge in [0.2, 0.25) is 5.91 Å². The molecule has 43 heavy (non-hydrogen) atoms. The molecule has 1 aliphatic rings. The summed E-state index contributed by atoms with van der Waals surface area (Å²) in [6, 6.07) is 11.7. The van der Waals surface area contributed by atoms with Gasteiger partial charge in [-0.25, -0.2) is 0 Å². The minimum Gasteiger partial charge on any atom is -0.493 e. The molecule has 0 N–H and O–H groups in total. The Hall–Kier alpha value is -3.67. The van der Waals surface area contributed by atoms with Crippen molar-refractivity contribution in [3.05, 3.63) is 84.5 Å². The molecule has 0 unspecified atom stereocenters. The van der Waals surface area contributed by atoms with Crippen molar-refractivity contribution in [2.24, 2.45) is 0 Å². The normalized spacial score (nSPS) is 13.1. The first-order valence-electron chi connectivity index (χ1n) is 14.2. The van der Waals surface area contributed by atoms with Crippen LogP contribution in [-0.2, 0) is 17.8 Å². The van der Waals surface area contributed by atoms with Crippen LogP contribution >= 0.6 is 22.9 Å². The van der Waals surface area contributed by atoms with E-state index in [9.17, 15) is 19.7 Å². The molecule has 230 valence electrons. The topological polar surface area (TPSA) is 105 Å². The van der Waals surface area contributed by atoms with Crippen molar-refractivity contribution in [3.63, 3.8) is 0 Å². The molecule has 12 heteroatoms. The molecular weight excluding hydrogens is 592 g/mol. The number of halogens is 1. The van der Waals surface area contributed by atoms with Crippen molar-refractivity contribution in [1.29, 1.82) is 0 Å². The van der Waals surface area contributed by atoms with E-state index in [4.69, 9.17) is 21.1 Å². The van der Waals surface area contributed by atoms with Crippen LogP contribution in [0.5, 0.6) is 11.5 Å². The molecule has 0 atom stereocenters. The number of benzene rings is 2. The van der Waals surface area contributed by atoms with Gasteiger partial charge in [-0.05, 0) is 86.1 Å². The highest BCUT2D eigenvalue weighted by molar-refractivity contribution is 7.10. The van der Waals surface area contributed by atoms with Crippen LogP contribution in [0, 0.1) is 17.0 Å². The van der Waals surface area contributed by atoms with Gasteiger partial charge in [-0.2, -0.15) is 0 Å². The molecule has 2 heterocycles. The second-order valence-corrected chi connectivity index (χ2v) is 11.9. The number of thiophene rings is 1. The number of carbonyl (C=O) groups is 2. The number of methoxy groups -OCH3 is 2. The van der Waals surface area contributed by atoms with E-state index >= 15 is 0 Å². The minimum absolute atomic E-state index is 0.0473. The SMILES string of the molecule is COc1ccc(CCN(Cc2sccc2C)C(=O)CN(CCN2CCCC2)C(=O)c2ccc(Cl)c([N+](=O)[O-])c2)cc1OC. The average molecular weight is 629 g/mol. The summed E-state index contributed by atoms with van der Waals surface area (Å²) in [5.74, 6) is 0.594. The standard InChI is InChI=1S/C31H37ClN4O6S/c1-22-11-17-43-29(22)20-34(14-10-23-6-9-27(41-2)28(18-23)42-3)30(37)21-35(16-15-33-12-4-5-13-33)31(38)24-7-8-25(32)26(19-24)36(39)40/h6-9,11,17-19H,4-5,10,12-16,20-21H2,1-3H3. The van der Waals surface area contributed by atoms with E-state index in [-0.39, 0.29) is 28.7 Å². The summed E-state index contributed by atoms with van der Waals surface area (Å²) in [5, 5.41) is 13.4. The minimum atomic E-state index is -0.613. The zero-order valence-electron chi connectivity index (χ0n) is 24.7. The van der Waals surface area contributed by atoms with Crippen molar-refractivity contribution in [2.45, 2.75) is 32.7 Å². The fourth-order valence-electron chi connectivity index (χ4n) is 5.08. The lowest BCUT2D eigenvalue weighted by Crippen LogP contribution is -2.45. The van der Waals surface area contributed by atoms with Crippen LogP contribution in [0.2, 0.25) is 5.02 Å². The molecule has 2 amide bonds. The Morgan fingerprint density at radius 2 is 1.77 bits per heavy atom. The number of ether oxygens (including phenoxy) is 2. The summed E-state index contributed by atoms with van der Waals surface area (Å²) in [6.07, 6.45) is 2.77. The number of likely N-dealkylation sites (tertiary alicyclic amines) is 1. The molecule has 1 aromatic heterocycles. The van der Waals surface area contributed by atoms with Gasteiger partial charge < -0.3 is 24.2 Å². The Bertz CT molecular complexity index is 1440. The Morgan fingerprint density at radius 3 is 2.42 bits per heavy atom. The number of nitro benzene ring substituents is 1. The van der Waals surface area contributed by atoms with Gasteiger partial charge in [0.1, 0.15) is 11.6 Å². The second-order valence-electron chi connectivity index (χ2n) is 10.5. The summed E-state index contributed by atoms with van der Waals surface area (Å²) in [7, 11) is 3.17. The number of hydrogen-bond acceptors (Lipinski definition) is 8. The van der Waals surface area contributed by atoms with Crippen molar-refractivity contribution < 1.29 is 24.0 Å². The van der Waals surface area contributed by atoms with Crippen LogP contribution in [0.4, 0.5) is 5.69 Å². The van der Waals surface area contributed by atoms with E-state index in [2.05, 4.69) is 4.90 Å². The second kappa shape index (κ2) is 15.2. The molecule has 0 radical (unpaired) electrons.